The Balaban J connectivity index is 2.63. The molecule has 1 saturated heterocycles. The van der Waals surface area contributed by atoms with Crippen LogP contribution in [0.3, 0.4) is 0 Å². The summed E-state index contributed by atoms with van der Waals surface area (Å²) in [6.45, 7) is 2.95. The molecule has 1 heterocycles. The third-order valence-electron chi connectivity index (χ3n) is 1.80. The number of hydrogen-bond acceptors (Lipinski definition) is 2. The zero-order chi connectivity index (χ0) is 9.41. The number of halogens is 3. The van der Waals surface area contributed by atoms with E-state index in [2.05, 4.69) is 5.32 Å². The topological polar surface area (TPSA) is 21.3 Å². The van der Waals surface area contributed by atoms with Gasteiger partial charge in [0.25, 0.3) is 0 Å². The van der Waals surface area contributed by atoms with Crippen LogP contribution in [0, 0.1) is 0 Å². The van der Waals surface area contributed by atoms with E-state index in [0.717, 1.165) is 0 Å². The van der Waals surface area contributed by atoms with E-state index in [1.54, 1.807) is 13.8 Å². The largest absolute Gasteiger partial charge is 0.419 e. The smallest absolute Gasteiger partial charge is 0.360 e. The van der Waals surface area contributed by atoms with Crippen LogP contribution in [-0.4, -0.2) is 31.0 Å². The predicted octanol–water partition coefficient (Wildman–Crippen LogP) is 1.32. The minimum atomic E-state index is -4.26. The lowest BCUT2D eigenvalue weighted by molar-refractivity contribution is -0.302. The molecule has 0 aliphatic carbocycles. The Morgan fingerprint density at radius 2 is 1.83 bits per heavy atom. The van der Waals surface area contributed by atoms with Gasteiger partial charge in [0.05, 0.1) is 6.10 Å². The van der Waals surface area contributed by atoms with Crippen molar-refractivity contribution in [3.8, 4) is 0 Å². The van der Waals surface area contributed by atoms with Gasteiger partial charge in [-0.1, -0.05) is 0 Å². The fourth-order valence-corrected chi connectivity index (χ4v) is 1.15. The van der Waals surface area contributed by atoms with Gasteiger partial charge in [0.15, 0.2) is 5.60 Å². The van der Waals surface area contributed by atoms with Crippen LogP contribution in [0.2, 0.25) is 0 Å². The first kappa shape index (κ1) is 9.80. The molecule has 1 aliphatic rings. The maximum atomic E-state index is 12.4. The number of rotatable bonds is 2. The minimum Gasteiger partial charge on any atom is -0.360 e. The Kier molecular flexibility index (Phi) is 2.35. The molecular weight excluding hydrogens is 171 g/mol. The number of ether oxygens (including phenoxy) is 1. The highest BCUT2D eigenvalue weighted by atomic mass is 19.4. The first-order valence-corrected chi connectivity index (χ1v) is 3.83. The van der Waals surface area contributed by atoms with Crippen LogP contribution in [0.15, 0.2) is 0 Å². The third-order valence-corrected chi connectivity index (χ3v) is 1.80. The Hall–Kier alpha value is -0.290. The summed E-state index contributed by atoms with van der Waals surface area (Å²) < 4.78 is 41.9. The molecule has 72 valence electrons. The van der Waals surface area contributed by atoms with Gasteiger partial charge >= 0.3 is 6.18 Å². The van der Waals surface area contributed by atoms with Gasteiger partial charge in [0.2, 0.25) is 0 Å². The lowest BCUT2D eigenvalue weighted by Gasteiger charge is -2.44. The number of hydrogen-bond donors (Lipinski definition) is 1. The molecule has 1 fully saturated rings. The first-order valence-electron chi connectivity index (χ1n) is 3.83. The molecule has 1 aliphatic heterocycles. The molecule has 1 rings (SSSR count). The molecule has 0 bridgehead atoms. The van der Waals surface area contributed by atoms with E-state index in [1.165, 1.54) is 0 Å². The van der Waals surface area contributed by atoms with Gasteiger partial charge in [0, 0.05) is 13.1 Å². The summed E-state index contributed by atoms with van der Waals surface area (Å²) in [5.41, 5.74) is -1.93. The molecule has 2 nitrogen and oxygen atoms in total. The van der Waals surface area contributed by atoms with Crippen LogP contribution in [-0.2, 0) is 4.74 Å². The normalized spacial score (nSPS) is 22.5. The van der Waals surface area contributed by atoms with Gasteiger partial charge in [-0.3, -0.25) is 0 Å². The molecule has 0 radical (unpaired) electrons. The predicted molar refractivity (Wildman–Crippen MR) is 37.9 cm³/mol. The third kappa shape index (κ3) is 1.56. The fourth-order valence-electron chi connectivity index (χ4n) is 1.15. The first-order chi connectivity index (χ1) is 5.37. The van der Waals surface area contributed by atoms with Gasteiger partial charge in [-0.15, -0.1) is 0 Å². The van der Waals surface area contributed by atoms with Crippen molar-refractivity contribution in [3.05, 3.63) is 0 Å². The highest BCUT2D eigenvalue weighted by Crippen LogP contribution is 2.37. The fraction of sp³-hybridized carbons (Fsp3) is 1.00. The van der Waals surface area contributed by atoms with Crippen molar-refractivity contribution in [2.24, 2.45) is 0 Å². The summed E-state index contributed by atoms with van der Waals surface area (Å²) in [6.07, 6.45) is -4.66. The zero-order valence-electron chi connectivity index (χ0n) is 7.03. The van der Waals surface area contributed by atoms with Gasteiger partial charge in [-0.05, 0) is 13.8 Å². The molecule has 0 atom stereocenters. The van der Waals surface area contributed by atoms with Crippen molar-refractivity contribution in [1.82, 2.24) is 5.32 Å². The second-order valence-corrected chi connectivity index (χ2v) is 3.26. The van der Waals surface area contributed by atoms with Crippen LogP contribution >= 0.6 is 0 Å². The Labute approximate surface area is 69.1 Å². The average Bonchev–Trinajstić information content (AvgIpc) is 1.74. The second kappa shape index (κ2) is 2.88. The van der Waals surface area contributed by atoms with Gasteiger partial charge < -0.3 is 10.1 Å². The average molecular weight is 183 g/mol. The van der Waals surface area contributed by atoms with Crippen LogP contribution in [0.4, 0.5) is 13.2 Å². The van der Waals surface area contributed by atoms with Crippen LogP contribution in [0.25, 0.3) is 0 Å². The van der Waals surface area contributed by atoms with Crippen LogP contribution in [0.1, 0.15) is 13.8 Å². The molecule has 0 saturated carbocycles. The van der Waals surface area contributed by atoms with Gasteiger partial charge in [-0.2, -0.15) is 13.2 Å². The highest BCUT2D eigenvalue weighted by Gasteiger charge is 2.60. The van der Waals surface area contributed by atoms with Gasteiger partial charge in [0.1, 0.15) is 0 Å². The lowest BCUT2D eigenvalue weighted by atomic mass is 9.96. The van der Waals surface area contributed by atoms with Crippen molar-refractivity contribution < 1.29 is 17.9 Å². The van der Waals surface area contributed by atoms with Crippen molar-refractivity contribution in [2.75, 3.05) is 13.1 Å². The van der Waals surface area contributed by atoms with Crippen molar-refractivity contribution in [1.29, 1.82) is 0 Å². The van der Waals surface area contributed by atoms with E-state index in [4.69, 9.17) is 4.74 Å². The summed E-state index contributed by atoms with van der Waals surface area (Å²) in [4.78, 5) is 0. The molecule has 0 spiro atoms. The summed E-state index contributed by atoms with van der Waals surface area (Å²) in [5.74, 6) is 0. The van der Waals surface area contributed by atoms with Gasteiger partial charge in [-0.25, -0.2) is 0 Å². The van der Waals surface area contributed by atoms with E-state index < -0.39 is 17.9 Å². The highest BCUT2D eigenvalue weighted by molar-refractivity contribution is 5.01. The molecule has 0 amide bonds. The lowest BCUT2D eigenvalue weighted by Crippen LogP contribution is -2.69. The maximum absolute atomic E-state index is 12.4. The summed E-state index contributed by atoms with van der Waals surface area (Å²) >= 11 is 0. The van der Waals surface area contributed by atoms with Crippen LogP contribution < -0.4 is 5.32 Å². The van der Waals surface area contributed by atoms with Crippen molar-refractivity contribution >= 4 is 0 Å². The van der Waals surface area contributed by atoms with E-state index in [0.29, 0.717) is 0 Å². The molecule has 0 aromatic carbocycles. The number of nitrogens with one attached hydrogen (secondary N) is 1. The second-order valence-electron chi connectivity index (χ2n) is 3.26. The molecule has 0 unspecified atom stereocenters. The molecule has 1 N–H and O–H groups in total. The summed E-state index contributed by atoms with van der Waals surface area (Å²) in [5, 5.41) is 2.57. The quantitative estimate of drug-likeness (QED) is 0.697. The summed E-state index contributed by atoms with van der Waals surface area (Å²) in [6, 6.07) is 0. The number of alkyl halides is 3. The molecular formula is C7H12F3NO. The monoisotopic (exact) mass is 183 g/mol. The van der Waals surface area contributed by atoms with E-state index in [1.807, 2.05) is 0 Å². The van der Waals surface area contributed by atoms with E-state index in [9.17, 15) is 13.2 Å². The molecule has 5 heteroatoms. The van der Waals surface area contributed by atoms with Crippen molar-refractivity contribution in [3.63, 3.8) is 0 Å². The minimum absolute atomic E-state index is 0.130. The summed E-state index contributed by atoms with van der Waals surface area (Å²) in [7, 11) is 0. The van der Waals surface area contributed by atoms with Crippen molar-refractivity contribution in [2.45, 2.75) is 31.7 Å². The standard InChI is InChI=1S/C7H12F3NO/c1-5(2)12-6(3-11-4-6)7(8,9)10/h5,11H,3-4H2,1-2H3. The van der Waals surface area contributed by atoms with Crippen LogP contribution in [0.5, 0.6) is 0 Å². The Bertz CT molecular complexity index is 163. The zero-order valence-corrected chi connectivity index (χ0v) is 7.03. The molecule has 12 heavy (non-hydrogen) atoms. The van der Waals surface area contributed by atoms with E-state index >= 15 is 0 Å². The molecule has 0 aromatic heterocycles. The maximum Gasteiger partial charge on any atom is 0.419 e. The Morgan fingerprint density at radius 1 is 1.33 bits per heavy atom. The SMILES string of the molecule is CC(C)OC1(C(F)(F)F)CNC1. The molecule has 0 aromatic rings. The van der Waals surface area contributed by atoms with E-state index in [-0.39, 0.29) is 13.1 Å². The Morgan fingerprint density at radius 3 is 1.92 bits per heavy atom.